The van der Waals surface area contributed by atoms with Crippen molar-refractivity contribution in [1.29, 1.82) is 0 Å². The first-order valence-corrected chi connectivity index (χ1v) is 7.41. The summed E-state index contributed by atoms with van der Waals surface area (Å²) in [6.45, 7) is 2.38. The fourth-order valence-corrected chi connectivity index (χ4v) is 2.13. The summed E-state index contributed by atoms with van der Waals surface area (Å²) in [5.41, 5.74) is 4.76. The van der Waals surface area contributed by atoms with Crippen molar-refractivity contribution in [1.82, 2.24) is 4.90 Å². The van der Waals surface area contributed by atoms with E-state index in [1.54, 1.807) is 0 Å². The number of aliphatic hydroxyl groups is 4. The molecular weight excluding hydrogens is 356 g/mol. The predicted molar refractivity (Wildman–Crippen MR) is 83.0 cm³/mol. The highest BCUT2D eigenvalue weighted by Crippen LogP contribution is 2.15. The quantitative estimate of drug-likeness (QED) is 0.245. The SMILES string of the molecule is COC(=O)[C@H](C)N(C(=O)[C@H](O)[C@@H](O)[C@H](O)[C@H](O)C(N)=O)[C@@H](C)C(=O)OC. The minimum Gasteiger partial charge on any atom is -0.467 e. The molecule has 0 saturated carbocycles. The number of aliphatic hydroxyl groups excluding tert-OH is 4. The zero-order valence-electron chi connectivity index (χ0n) is 14.7. The van der Waals surface area contributed by atoms with Gasteiger partial charge in [-0.1, -0.05) is 0 Å². The van der Waals surface area contributed by atoms with E-state index < -0.39 is 60.3 Å². The van der Waals surface area contributed by atoms with Crippen molar-refractivity contribution in [3.63, 3.8) is 0 Å². The van der Waals surface area contributed by atoms with Crippen LogP contribution in [0.15, 0.2) is 0 Å². The molecule has 6 N–H and O–H groups in total. The fourth-order valence-electron chi connectivity index (χ4n) is 2.13. The van der Waals surface area contributed by atoms with Gasteiger partial charge in [0.05, 0.1) is 14.2 Å². The number of carbonyl (C=O) groups is 4. The number of ether oxygens (including phenoxy) is 2. The van der Waals surface area contributed by atoms with Crippen molar-refractivity contribution in [3.8, 4) is 0 Å². The van der Waals surface area contributed by atoms with Gasteiger partial charge in [0.15, 0.2) is 12.2 Å². The molecule has 0 radical (unpaired) electrons. The van der Waals surface area contributed by atoms with Crippen LogP contribution in [0.1, 0.15) is 13.8 Å². The van der Waals surface area contributed by atoms with E-state index in [9.17, 15) is 39.6 Å². The molecule has 0 aromatic heterocycles. The maximum Gasteiger partial charge on any atom is 0.328 e. The second-order valence-electron chi connectivity index (χ2n) is 5.42. The Kier molecular flexibility index (Phi) is 9.13. The lowest BCUT2D eigenvalue weighted by atomic mass is 10.0. The van der Waals surface area contributed by atoms with E-state index in [-0.39, 0.29) is 0 Å². The smallest absolute Gasteiger partial charge is 0.328 e. The van der Waals surface area contributed by atoms with E-state index in [1.165, 1.54) is 13.8 Å². The number of nitrogens with zero attached hydrogens (tertiary/aromatic N) is 1. The van der Waals surface area contributed by atoms with Gasteiger partial charge >= 0.3 is 11.9 Å². The molecule has 0 heterocycles. The molecule has 12 heteroatoms. The minimum absolute atomic E-state index is 0.578. The van der Waals surface area contributed by atoms with Crippen LogP contribution in [0.5, 0.6) is 0 Å². The first-order valence-electron chi connectivity index (χ1n) is 7.41. The van der Waals surface area contributed by atoms with Crippen LogP contribution in [-0.4, -0.2) is 99.8 Å². The highest BCUT2D eigenvalue weighted by molar-refractivity contribution is 5.91. The number of hydrogen-bond acceptors (Lipinski definition) is 10. The Morgan fingerprint density at radius 1 is 0.808 bits per heavy atom. The molecule has 0 saturated heterocycles. The van der Waals surface area contributed by atoms with Gasteiger partial charge in [0.1, 0.15) is 24.3 Å². The van der Waals surface area contributed by atoms with E-state index in [4.69, 9.17) is 5.73 Å². The van der Waals surface area contributed by atoms with E-state index in [0.29, 0.717) is 4.90 Å². The van der Waals surface area contributed by atoms with Gasteiger partial charge in [-0.25, -0.2) is 9.59 Å². The van der Waals surface area contributed by atoms with Crippen molar-refractivity contribution in [2.24, 2.45) is 5.73 Å². The largest absolute Gasteiger partial charge is 0.467 e. The first-order chi connectivity index (χ1) is 11.9. The molecule has 26 heavy (non-hydrogen) atoms. The van der Waals surface area contributed by atoms with Crippen LogP contribution in [0, 0.1) is 0 Å². The van der Waals surface area contributed by atoms with E-state index in [2.05, 4.69) is 9.47 Å². The monoisotopic (exact) mass is 380 g/mol. The Labute approximate surface area is 149 Å². The lowest BCUT2D eigenvalue weighted by Gasteiger charge is -2.35. The molecule has 12 nitrogen and oxygen atoms in total. The number of esters is 2. The molecule has 0 fully saturated rings. The zero-order valence-corrected chi connectivity index (χ0v) is 14.7. The number of amides is 2. The van der Waals surface area contributed by atoms with Crippen molar-refractivity contribution < 1.29 is 49.1 Å². The predicted octanol–water partition coefficient (Wildman–Crippen LogP) is -4.13. The third kappa shape index (κ3) is 5.36. The summed E-state index contributed by atoms with van der Waals surface area (Å²) < 4.78 is 8.97. The van der Waals surface area contributed by atoms with Gasteiger partial charge in [0, 0.05) is 0 Å². The Morgan fingerprint density at radius 2 is 1.15 bits per heavy atom. The van der Waals surface area contributed by atoms with Crippen LogP contribution in [0.2, 0.25) is 0 Å². The molecule has 0 aromatic carbocycles. The van der Waals surface area contributed by atoms with Crippen LogP contribution in [0.25, 0.3) is 0 Å². The number of methoxy groups -OCH3 is 2. The van der Waals surface area contributed by atoms with Gasteiger partial charge in [-0.3, -0.25) is 9.59 Å². The summed E-state index contributed by atoms with van der Waals surface area (Å²) in [4.78, 5) is 47.4. The number of hydrogen-bond donors (Lipinski definition) is 5. The van der Waals surface area contributed by atoms with Gasteiger partial charge in [-0.05, 0) is 13.8 Å². The maximum atomic E-state index is 12.5. The van der Waals surface area contributed by atoms with Crippen LogP contribution in [0.3, 0.4) is 0 Å². The van der Waals surface area contributed by atoms with Gasteiger partial charge in [0.2, 0.25) is 5.91 Å². The third-order valence-electron chi connectivity index (χ3n) is 3.72. The minimum atomic E-state index is -2.40. The average Bonchev–Trinajstić information content (AvgIpc) is 2.63. The van der Waals surface area contributed by atoms with Gasteiger partial charge in [0.25, 0.3) is 5.91 Å². The molecule has 0 bridgehead atoms. The van der Waals surface area contributed by atoms with Gasteiger partial charge in [-0.2, -0.15) is 0 Å². The highest BCUT2D eigenvalue weighted by Gasteiger charge is 2.43. The van der Waals surface area contributed by atoms with Crippen LogP contribution < -0.4 is 5.73 Å². The van der Waals surface area contributed by atoms with Gasteiger partial charge < -0.3 is 40.5 Å². The van der Waals surface area contributed by atoms with E-state index in [1.807, 2.05) is 0 Å². The molecule has 0 aliphatic carbocycles. The summed E-state index contributed by atoms with van der Waals surface area (Å²) in [5.74, 6) is -4.63. The third-order valence-corrected chi connectivity index (χ3v) is 3.72. The van der Waals surface area contributed by atoms with Crippen LogP contribution >= 0.6 is 0 Å². The molecule has 0 spiro atoms. The number of carbonyl (C=O) groups excluding carboxylic acids is 4. The molecule has 0 unspecified atom stereocenters. The second kappa shape index (κ2) is 10.0. The van der Waals surface area contributed by atoms with Crippen molar-refractivity contribution >= 4 is 23.8 Å². The number of rotatable bonds is 9. The Hall–Kier alpha value is -2.28. The van der Waals surface area contributed by atoms with E-state index in [0.717, 1.165) is 14.2 Å². The molecule has 0 aromatic rings. The standard InChI is InChI=1S/C14H24N2O10/c1-5(13(23)25-3)16(6(2)14(24)26-4)12(22)10(20)8(18)7(17)9(19)11(15)21/h5-10,17-20H,1-4H3,(H2,15,21)/t5-,6-,7-,8-,9-,10+/m0/s1. The molecular formula is C14H24N2O10. The normalized spacial score (nSPS) is 17.8. The lowest BCUT2D eigenvalue weighted by molar-refractivity contribution is -0.172. The molecule has 0 aliphatic rings. The molecule has 150 valence electrons. The Morgan fingerprint density at radius 3 is 1.46 bits per heavy atom. The summed E-state index contributed by atoms with van der Waals surface area (Å²) >= 11 is 0. The average molecular weight is 380 g/mol. The lowest BCUT2D eigenvalue weighted by Crippen LogP contribution is -2.59. The van der Waals surface area contributed by atoms with Crippen LogP contribution in [0.4, 0.5) is 0 Å². The van der Waals surface area contributed by atoms with Crippen molar-refractivity contribution in [3.05, 3.63) is 0 Å². The maximum absolute atomic E-state index is 12.5. The molecule has 2 amide bonds. The number of primary amides is 1. The summed E-state index contributed by atoms with van der Waals surface area (Å²) in [6, 6.07) is -2.75. The van der Waals surface area contributed by atoms with Crippen molar-refractivity contribution in [2.75, 3.05) is 14.2 Å². The number of nitrogens with two attached hydrogens (primary N) is 1. The fraction of sp³-hybridized carbons (Fsp3) is 0.714. The zero-order chi connectivity index (χ0) is 20.8. The molecule has 0 rings (SSSR count). The summed E-state index contributed by atoms with van der Waals surface area (Å²) in [7, 11) is 2.06. The first kappa shape index (κ1) is 23.7. The van der Waals surface area contributed by atoms with Crippen LogP contribution in [-0.2, 0) is 28.7 Å². The molecule has 0 aliphatic heterocycles. The van der Waals surface area contributed by atoms with E-state index >= 15 is 0 Å². The highest BCUT2D eigenvalue weighted by atomic mass is 16.5. The Balaban J connectivity index is 5.66. The molecule has 6 atom stereocenters. The topological polar surface area (TPSA) is 197 Å². The van der Waals surface area contributed by atoms with Gasteiger partial charge in [-0.15, -0.1) is 0 Å². The summed E-state index contributed by atoms with van der Waals surface area (Å²) in [6.07, 6.45) is -9.31. The van der Waals surface area contributed by atoms with Crippen molar-refractivity contribution in [2.45, 2.75) is 50.3 Å². The second-order valence-corrected chi connectivity index (χ2v) is 5.42. The Bertz CT molecular complexity index is 518. The summed E-state index contributed by atoms with van der Waals surface area (Å²) in [5, 5.41) is 38.8.